The van der Waals surface area contributed by atoms with Gasteiger partial charge in [0.15, 0.2) is 0 Å². The average molecular weight is 290 g/mol. The number of hydrogen-bond donors (Lipinski definition) is 2. The summed E-state index contributed by atoms with van der Waals surface area (Å²) >= 11 is 0. The minimum absolute atomic E-state index is 0.0544. The van der Waals surface area contributed by atoms with E-state index in [0.717, 1.165) is 37.4 Å². The molecule has 1 amide bonds. The fourth-order valence-electron chi connectivity index (χ4n) is 2.39. The Balaban J connectivity index is 2.19. The number of nitrogens with zero attached hydrogens (tertiary/aromatic N) is 2. The van der Waals surface area contributed by atoms with E-state index in [1.807, 2.05) is 18.1 Å². The molecule has 0 aromatic carbocycles. The standard InChI is InChI=1S/C16H26N4O/c1-16(2,3)13-10-12(11-14(17-4)18-13)15(21)19-20-8-6-5-7-9-20/h10-11H,5-9H2,1-4H3,(H,17,18)(H,19,21). The highest BCUT2D eigenvalue weighted by Gasteiger charge is 2.20. The number of pyridine rings is 1. The first-order chi connectivity index (χ1) is 9.90. The summed E-state index contributed by atoms with van der Waals surface area (Å²) in [6.07, 6.45) is 3.54. The van der Waals surface area contributed by atoms with Crippen molar-refractivity contribution in [1.82, 2.24) is 15.4 Å². The second-order valence-corrected chi connectivity index (χ2v) is 6.61. The third kappa shape index (κ3) is 4.17. The van der Waals surface area contributed by atoms with Crippen LogP contribution in [-0.2, 0) is 5.41 Å². The number of carbonyl (C=O) groups is 1. The van der Waals surface area contributed by atoms with Gasteiger partial charge in [-0.2, -0.15) is 0 Å². The van der Waals surface area contributed by atoms with Gasteiger partial charge in [0.25, 0.3) is 5.91 Å². The Hall–Kier alpha value is -1.62. The highest BCUT2D eigenvalue weighted by Crippen LogP contribution is 2.23. The summed E-state index contributed by atoms with van der Waals surface area (Å²) < 4.78 is 0. The van der Waals surface area contributed by atoms with Crippen LogP contribution in [0, 0.1) is 0 Å². The minimum Gasteiger partial charge on any atom is -0.373 e. The molecule has 2 rings (SSSR count). The number of anilines is 1. The molecule has 0 saturated carbocycles. The zero-order chi connectivity index (χ0) is 15.5. The largest absolute Gasteiger partial charge is 0.373 e. The summed E-state index contributed by atoms with van der Waals surface area (Å²) in [4.78, 5) is 17.0. The molecule has 0 spiro atoms. The lowest BCUT2D eigenvalue weighted by Crippen LogP contribution is -2.45. The molecule has 2 heterocycles. The van der Waals surface area contributed by atoms with Crippen LogP contribution in [0.3, 0.4) is 0 Å². The molecule has 0 bridgehead atoms. The predicted octanol–water partition coefficient (Wildman–Crippen LogP) is 2.55. The van der Waals surface area contributed by atoms with Gasteiger partial charge in [-0.25, -0.2) is 9.99 Å². The maximum atomic E-state index is 12.5. The molecule has 116 valence electrons. The fourth-order valence-corrected chi connectivity index (χ4v) is 2.39. The summed E-state index contributed by atoms with van der Waals surface area (Å²) in [7, 11) is 1.82. The lowest BCUT2D eigenvalue weighted by atomic mass is 9.90. The maximum absolute atomic E-state index is 12.5. The van der Waals surface area contributed by atoms with Crippen molar-refractivity contribution >= 4 is 11.7 Å². The third-order valence-electron chi connectivity index (χ3n) is 3.73. The first-order valence-corrected chi connectivity index (χ1v) is 7.66. The number of amides is 1. The Morgan fingerprint density at radius 3 is 2.43 bits per heavy atom. The van der Waals surface area contributed by atoms with Crippen LogP contribution in [0.5, 0.6) is 0 Å². The number of aromatic nitrogens is 1. The topological polar surface area (TPSA) is 57.3 Å². The van der Waals surface area contributed by atoms with E-state index in [9.17, 15) is 4.79 Å². The van der Waals surface area contributed by atoms with Crippen LogP contribution < -0.4 is 10.7 Å². The summed E-state index contributed by atoms with van der Waals surface area (Å²) in [5, 5.41) is 5.05. The van der Waals surface area contributed by atoms with Crippen LogP contribution in [-0.4, -0.2) is 36.0 Å². The fraction of sp³-hybridized carbons (Fsp3) is 0.625. The van der Waals surface area contributed by atoms with E-state index in [2.05, 4.69) is 36.5 Å². The number of hydrogen-bond acceptors (Lipinski definition) is 4. The first-order valence-electron chi connectivity index (χ1n) is 7.66. The monoisotopic (exact) mass is 290 g/mol. The van der Waals surface area contributed by atoms with Gasteiger partial charge < -0.3 is 5.32 Å². The van der Waals surface area contributed by atoms with E-state index < -0.39 is 0 Å². The van der Waals surface area contributed by atoms with Crippen LogP contribution in [0.4, 0.5) is 5.82 Å². The van der Waals surface area contributed by atoms with Gasteiger partial charge in [-0.05, 0) is 25.0 Å². The van der Waals surface area contributed by atoms with E-state index in [1.54, 1.807) is 6.07 Å². The van der Waals surface area contributed by atoms with Crippen LogP contribution >= 0.6 is 0 Å². The molecule has 21 heavy (non-hydrogen) atoms. The van der Waals surface area contributed by atoms with Gasteiger partial charge in [0.1, 0.15) is 5.82 Å². The lowest BCUT2D eigenvalue weighted by molar-refractivity contribution is 0.0750. The molecule has 1 aliphatic heterocycles. The summed E-state index contributed by atoms with van der Waals surface area (Å²) in [6, 6.07) is 3.69. The van der Waals surface area contributed by atoms with E-state index in [1.165, 1.54) is 6.42 Å². The van der Waals surface area contributed by atoms with Crippen molar-refractivity contribution in [2.24, 2.45) is 0 Å². The predicted molar refractivity (Wildman–Crippen MR) is 85.4 cm³/mol. The maximum Gasteiger partial charge on any atom is 0.265 e. The molecular weight excluding hydrogens is 264 g/mol. The highest BCUT2D eigenvalue weighted by molar-refractivity contribution is 5.94. The molecule has 1 aromatic heterocycles. The molecule has 1 saturated heterocycles. The molecule has 5 heteroatoms. The Labute approximate surface area is 127 Å². The molecular formula is C16H26N4O. The molecule has 0 unspecified atom stereocenters. The number of piperidine rings is 1. The van der Waals surface area contributed by atoms with Crippen LogP contribution in [0.2, 0.25) is 0 Å². The van der Waals surface area contributed by atoms with Gasteiger partial charge in [0.05, 0.1) is 0 Å². The van der Waals surface area contributed by atoms with Crippen LogP contribution in [0.25, 0.3) is 0 Å². The smallest absolute Gasteiger partial charge is 0.265 e. The molecule has 2 N–H and O–H groups in total. The van der Waals surface area contributed by atoms with Crippen molar-refractivity contribution in [3.05, 3.63) is 23.4 Å². The quantitative estimate of drug-likeness (QED) is 0.898. The van der Waals surface area contributed by atoms with Gasteiger partial charge in [-0.3, -0.25) is 10.2 Å². The van der Waals surface area contributed by atoms with E-state index in [-0.39, 0.29) is 11.3 Å². The normalized spacial score (nSPS) is 16.6. The summed E-state index contributed by atoms with van der Waals surface area (Å²) in [5.74, 6) is 0.674. The Morgan fingerprint density at radius 2 is 1.86 bits per heavy atom. The van der Waals surface area contributed by atoms with Gasteiger partial charge in [-0.1, -0.05) is 27.2 Å². The molecule has 1 aromatic rings. The minimum atomic E-state index is -0.0903. The molecule has 0 aliphatic carbocycles. The van der Waals surface area contributed by atoms with Crippen molar-refractivity contribution in [3.63, 3.8) is 0 Å². The number of carbonyl (C=O) groups excluding carboxylic acids is 1. The van der Waals surface area contributed by atoms with Gasteiger partial charge in [0.2, 0.25) is 0 Å². The number of nitrogens with one attached hydrogen (secondary N) is 2. The Kier molecular flexibility index (Phi) is 4.83. The Morgan fingerprint density at radius 1 is 1.19 bits per heavy atom. The molecule has 1 fully saturated rings. The third-order valence-corrected chi connectivity index (χ3v) is 3.73. The average Bonchev–Trinajstić information content (AvgIpc) is 2.46. The van der Waals surface area contributed by atoms with Crippen LogP contribution in [0.1, 0.15) is 56.1 Å². The summed E-state index contributed by atoms with van der Waals surface area (Å²) in [6.45, 7) is 8.16. The zero-order valence-electron chi connectivity index (χ0n) is 13.5. The number of rotatable bonds is 3. The molecule has 0 radical (unpaired) electrons. The van der Waals surface area contributed by atoms with Crippen molar-refractivity contribution in [2.45, 2.75) is 45.4 Å². The zero-order valence-corrected chi connectivity index (χ0v) is 13.5. The van der Waals surface area contributed by atoms with Crippen molar-refractivity contribution in [2.75, 3.05) is 25.5 Å². The molecule has 1 aliphatic rings. The van der Waals surface area contributed by atoms with Gasteiger partial charge in [0, 0.05) is 36.8 Å². The van der Waals surface area contributed by atoms with Crippen molar-refractivity contribution in [3.8, 4) is 0 Å². The van der Waals surface area contributed by atoms with Gasteiger partial charge >= 0.3 is 0 Å². The highest BCUT2D eigenvalue weighted by atomic mass is 16.2. The van der Waals surface area contributed by atoms with E-state index in [0.29, 0.717) is 5.56 Å². The SMILES string of the molecule is CNc1cc(C(=O)NN2CCCCC2)cc(C(C)(C)C)n1. The van der Waals surface area contributed by atoms with Gasteiger partial charge in [-0.15, -0.1) is 0 Å². The van der Waals surface area contributed by atoms with Crippen molar-refractivity contribution < 1.29 is 4.79 Å². The number of hydrazine groups is 1. The van der Waals surface area contributed by atoms with Crippen LogP contribution in [0.15, 0.2) is 12.1 Å². The first kappa shape index (κ1) is 15.8. The molecule has 0 atom stereocenters. The molecule has 5 nitrogen and oxygen atoms in total. The van der Waals surface area contributed by atoms with Crippen molar-refractivity contribution in [1.29, 1.82) is 0 Å². The van der Waals surface area contributed by atoms with E-state index >= 15 is 0 Å². The summed E-state index contributed by atoms with van der Waals surface area (Å²) in [5.41, 5.74) is 4.49. The van der Waals surface area contributed by atoms with E-state index in [4.69, 9.17) is 0 Å². The Bertz CT molecular complexity index is 501. The second-order valence-electron chi connectivity index (χ2n) is 6.61. The lowest BCUT2D eigenvalue weighted by Gasteiger charge is -2.27. The second kappa shape index (κ2) is 6.43.